The van der Waals surface area contributed by atoms with Gasteiger partial charge in [-0.15, -0.1) is 11.8 Å². The molecular formula is C13H18O4S. The number of hydrogen-bond donors (Lipinski definition) is 1. The summed E-state index contributed by atoms with van der Waals surface area (Å²) in [6.07, 6.45) is 4.42. The Balaban J connectivity index is 2.69. The molecule has 0 aromatic rings. The standard InChI is InChI=1S/C13H18O4S/c1-3-9-8-10(18-7-6-12(14)15)4-5-11(9)13(16)17-2/h8H,3-7H2,1-2H3,(H,14,15). The summed E-state index contributed by atoms with van der Waals surface area (Å²) < 4.78 is 4.76. The van der Waals surface area contributed by atoms with Gasteiger partial charge in [-0.2, -0.15) is 0 Å². The topological polar surface area (TPSA) is 63.6 Å². The largest absolute Gasteiger partial charge is 0.481 e. The van der Waals surface area contributed by atoms with E-state index in [0.717, 1.165) is 28.9 Å². The van der Waals surface area contributed by atoms with Gasteiger partial charge in [0.25, 0.3) is 0 Å². The maximum absolute atomic E-state index is 11.6. The van der Waals surface area contributed by atoms with Gasteiger partial charge in [0.1, 0.15) is 0 Å². The van der Waals surface area contributed by atoms with Crippen molar-refractivity contribution in [1.82, 2.24) is 0 Å². The van der Waals surface area contributed by atoms with Crippen molar-refractivity contribution in [2.75, 3.05) is 12.9 Å². The van der Waals surface area contributed by atoms with Crippen molar-refractivity contribution in [1.29, 1.82) is 0 Å². The van der Waals surface area contributed by atoms with Crippen LogP contribution in [0.2, 0.25) is 0 Å². The lowest BCUT2D eigenvalue weighted by Crippen LogP contribution is -2.10. The number of thioether (sulfide) groups is 1. The summed E-state index contributed by atoms with van der Waals surface area (Å²) in [6, 6.07) is 0. The van der Waals surface area contributed by atoms with Crippen molar-refractivity contribution in [3.8, 4) is 0 Å². The molecule has 0 spiro atoms. The highest BCUT2D eigenvalue weighted by Gasteiger charge is 2.19. The molecule has 0 amide bonds. The summed E-state index contributed by atoms with van der Waals surface area (Å²) in [6.45, 7) is 2.00. The molecule has 0 heterocycles. The zero-order valence-electron chi connectivity index (χ0n) is 10.7. The zero-order chi connectivity index (χ0) is 13.5. The lowest BCUT2D eigenvalue weighted by atomic mass is 9.96. The second-order valence-electron chi connectivity index (χ2n) is 3.95. The number of methoxy groups -OCH3 is 1. The van der Waals surface area contributed by atoms with Crippen LogP contribution in [0.3, 0.4) is 0 Å². The normalized spacial score (nSPS) is 15.3. The molecule has 0 atom stereocenters. The first-order chi connectivity index (χ1) is 8.58. The molecule has 0 radical (unpaired) electrons. The summed E-state index contributed by atoms with van der Waals surface area (Å²) in [7, 11) is 1.39. The molecule has 0 saturated carbocycles. The Morgan fingerprint density at radius 2 is 2.17 bits per heavy atom. The average Bonchev–Trinajstić information content (AvgIpc) is 2.37. The van der Waals surface area contributed by atoms with Crippen LogP contribution in [0, 0.1) is 0 Å². The first-order valence-corrected chi connectivity index (χ1v) is 6.92. The number of carboxylic acid groups (broad SMARTS) is 1. The second-order valence-corrected chi connectivity index (χ2v) is 5.17. The van der Waals surface area contributed by atoms with Crippen LogP contribution in [0.1, 0.15) is 32.6 Å². The number of hydrogen-bond acceptors (Lipinski definition) is 4. The summed E-state index contributed by atoms with van der Waals surface area (Å²) >= 11 is 1.56. The van der Waals surface area contributed by atoms with E-state index >= 15 is 0 Å². The number of carbonyl (C=O) groups is 2. The fraction of sp³-hybridized carbons (Fsp3) is 0.538. The Morgan fingerprint density at radius 1 is 1.44 bits per heavy atom. The minimum atomic E-state index is -0.777. The molecule has 0 saturated heterocycles. The lowest BCUT2D eigenvalue weighted by Gasteiger charge is -2.17. The maximum atomic E-state index is 11.6. The molecule has 0 unspecified atom stereocenters. The predicted molar refractivity (Wildman–Crippen MR) is 71.4 cm³/mol. The van der Waals surface area contributed by atoms with Crippen LogP contribution in [0.5, 0.6) is 0 Å². The Hall–Kier alpha value is -1.23. The molecule has 4 nitrogen and oxygen atoms in total. The smallest absolute Gasteiger partial charge is 0.334 e. The Morgan fingerprint density at radius 3 is 2.72 bits per heavy atom. The predicted octanol–water partition coefficient (Wildman–Crippen LogP) is 2.75. The Bertz CT molecular complexity index is 396. The molecule has 1 aliphatic rings. The van der Waals surface area contributed by atoms with E-state index in [1.165, 1.54) is 7.11 Å². The van der Waals surface area contributed by atoms with Gasteiger partial charge in [-0.25, -0.2) is 4.79 Å². The van der Waals surface area contributed by atoms with Gasteiger partial charge in [0.2, 0.25) is 0 Å². The monoisotopic (exact) mass is 270 g/mol. The second kappa shape index (κ2) is 7.26. The third-order valence-electron chi connectivity index (χ3n) is 2.76. The zero-order valence-corrected chi connectivity index (χ0v) is 11.5. The van der Waals surface area contributed by atoms with Crippen molar-refractivity contribution in [3.63, 3.8) is 0 Å². The van der Waals surface area contributed by atoms with E-state index in [2.05, 4.69) is 0 Å². The highest BCUT2D eigenvalue weighted by molar-refractivity contribution is 8.03. The Labute approximate surface area is 111 Å². The summed E-state index contributed by atoms with van der Waals surface area (Å²) in [5.74, 6) is -0.454. The first kappa shape index (κ1) is 14.8. The molecule has 0 aliphatic heterocycles. The van der Waals surface area contributed by atoms with Crippen molar-refractivity contribution in [2.24, 2.45) is 0 Å². The van der Waals surface area contributed by atoms with Gasteiger partial charge in [-0.05, 0) is 35.8 Å². The van der Waals surface area contributed by atoms with Crippen LogP contribution in [0.25, 0.3) is 0 Å². The van der Waals surface area contributed by atoms with Gasteiger partial charge >= 0.3 is 11.9 Å². The molecule has 0 bridgehead atoms. The van der Waals surface area contributed by atoms with Gasteiger partial charge in [0.15, 0.2) is 0 Å². The number of carbonyl (C=O) groups excluding carboxylic acids is 1. The molecule has 1 N–H and O–H groups in total. The van der Waals surface area contributed by atoms with E-state index in [1.54, 1.807) is 11.8 Å². The van der Waals surface area contributed by atoms with E-state index in [-0.39, 0.29) is 12.4 Å². The number of esters is 1. The van der Waals surface area contributed by atoms with Gasteiger partial charge < -0.3 is 9.84 Å². The van der Waals surface area contributed by atoms with Crippen molar-refractivity contribution in [2.45, 2.75) is 32.6 Å². The fourth-order valence-corrected chi connectivity index (χ4v) is 2.83. The summed E-state index contributed by atoms with van der Waals surface area (Å²) in [5.41, 5.74) is 1.76. The van der Waals surface area contributed by atoms with Crippen LogP contribution < -0.4 is 0 Å². The fourth-order valence-electron chi connectivity index (χ4n) is 1.82. The third kappa shape index (κ3) is 4.22. The van der Waals surface area contributed by atoms with Crippen molar-refractivity contribution >= 4 is 23.7 Å². The molecule has 5 heteroatoms. The van der Waals surface area contributed by atoms with Crippen LogP contribution in [0.15, 0.2) is 22.1 Å². The van der Waals surface area contributed by atoms with Gasteiger partial charge in [-0.3, -0.25) is 4.79 Å². The van der Waals surface area contributed by atoms with E-state index in [1.807, 2.05) is 13.0 Å². The molecule has 0 aromatic heterocycles. The van der Waals surface area contributed by atoms with E-state index in [4.69, 9.17) is 9.84 Å². The molecule has 100 valence electrons. The Kier molecular flexibility index (Phi) is 5.98. The number of aliphatic carboxylic acids is 1. The lowest BCUT2D eigenvalue weighted by molar-refractivity contribution is -0.137. The number of rotatable bonds is 6. The summed E-state index contributed by atoms with van der Waals surface area (Å²) in [5, 5.41) is 8.58. The van der Waals surface area contributed by atoms with E-state index in [0.29, 0.717) is 12.2 Å². The van der Waals surface area contributed by atoms with Crippen LogP contribution in [0.4, 0.5) is 0 Å². The molecule has 0 aromatic carbocycles. The average molecular weight is 270 g/mol. The highest BCUT2D eigenvalue weighted by Crippen LogP contribution is 2.33. The van der Waals surface area contributed by atoms with Crippen LogP contribution in [-0.2, 0) is 14.3 Å². The van der Waals surface area contributed by atoms with Gasteiger partial charge in [-0.1, -0.05) is 6.92 Å². The third-order valence-corrected chi connectivity index (χ3v) is 3.86. The number of ether oxygens (including phenoxy) is 1. The van der Waals surface area contributed by atoms with E-state index < -0.39 is 5.97 Å². The quantitative estimate of drug-likeness (QED) is 0.752. The SMILES string of the molecule is CCC1=C(C(=O)OC)CCC(SCCC(=O)O)=C1. The van der Waals surface area contributed by atoms with Crippen molar-refractivity contribution in [3.05, 3.63) is 22.1 Å². The van der Waals surface area contributed by atoms with Crippen molar-refractivity contribution < 1.29 is 19.4 Å². The minimum absolute atomic E-state index is 0.164. The van der Waals surface area contributed by atoms with Gasteiger partial charge in [0.05, 0.1) is 13.5 Å². The van der Waals surface area contributed by atoms with Crippen LogP contribution in [-0.4, -0.2) is 29.9 Å². The molecular weight excluding hydrogens is 252 g/mol. The number of carboxylic acids is 1. The van der Waals surface area contributed by atoms with E-state index in [9.17, 15) is 9.59 Å². The number of allylic oxidation sites excluding steroid dienone is 3. The maximum Gasteiger partial charge on any atom is 0.334 e. The summed E-state index contributed by atoms with van der Waals surface area (Å²) in [4.78, 5) is 23.1. The first-order valence-electron chi connectivity index (χ1n) is 5.94. The minimum Gasteiger partial charge on any atom is -0.481 e. The molecule has 18 heavy (non-hydrogen) atoms. The molecule has 1 aliphatic carbocycles. The highest BCUT2D eigenvalue weighted by atomic mass is 32.2. The van der Waals surface area contributed by atoms with Gasteiger partial charge in [0, 0.05) is 11.3 Å². The van der Waals surface area contributed by atoms with Crippen LogP contribution >= 0.6 is 11.8 Å². The molecule has 1 rings (SSSR count). The molecule has 0 fully saturated rings.